The number of nitrogens with two attached hydrogens (primary N) is 1. The zero-order valence-corrected chi connectivity index (χ0v) is 10.2. The molecule has 0 heterocycles. The van der Waals surface area contributed by atoms with E-state index in [4.69, 9.17) is 5.73 Å². The third-order valence-electron chi connectivity index (χ3n) is 3.51. The summed E-state index contributed by atoms with van der Waals surface area (Å²) in [4.78, 5) is 1.75. The van der Waals surface area contributed by atoms with Gasteiger partial charge in [0.2, 0.25) is 0 Å². The normalized spacial score (nSPS) is 23.4. The highest BCUT2D eigenvalue weighted by Crippen LogP contribution is 2.40. The molecule has 1 aliphatic rings. The summed E-state index contributed by atoms with van der Waals surface area (Å²) in [5.74, 6) is 0. The van der Waals surface area contributed by atoms with Crippen LogP contribution >= 0.6 is 0 Å². The van der Waals surface area contributed by atoms with Crippen LogP contribution in [0.2, 0.25) is 0 Å². The van der Waals surface area contributed by atoms with Gasteiger partial charge in [-0.1, -0.05) is 24.3 Å². The molecule has 0 bridgehead atoms. The summed E-state index contributed by atoms with van der Waals surface area (Å²) < 4.78 is 36.7. The molecule has 0 amide bonds. The second kappa shape index (κ2) is 4.90. The van der Waals surface area contributed by atoms with Crippen LogP contribution in [0.4, 0.5) is 13.2 Å². The van der Waals surface area contributed by atoms with Gasteiger partial charge in [-0.3, -0.25) is 4.90 Å². The van der Waals surface area contributed by atoms with Crippen LogP contribution in [0.1, 0.15) is 36.1 Å². The first-order chi connectivity index (χ1) is 8.38. The van der Waals surface area contributed by atoms with Crippen molar-refractivity contribution in [3.63, 3.8) is 0 Å². The van der Waals surface area contributed by atoms with E-state index in [2.05, 4.69) is 0 Å². The molecule has 0 fully saturated rings. The summed E-state index contributed by atoms with van der Waals surface area (Å²) in [5, 5.41) is 0. The van der Waals surface area contributed by atoms with Crippen molar-refractivity contribution >= 4 is 0 Å². The second-order valence-corrected chi connectivity index (χ2v) is 4.83. The van der Waals surface area contributed by atoms with Crippen LogP contribution < -0.4 is 5.73 Å². The fraction of sp³-hybridized carbons (Fsp3) is 0.538. The summed E-state index contributed by atoms with van der Waals surface area (Å²) in [5.41, 5.74) is 8.13. The Balaban J connectivity index is 2.07. The number of halogens is 3. The zero-order valence-electron chi connectivity index (χ0n) is 10.2. The Labute approximate surface area is 105 Å². The summed E-state index contributed by atoms with van der Waals surface area (Å²) in [6, 6.07) is 7.66. The zero-order chi connectivity index (χ0) is 13.3. The van der Waals surface area contributed by atoms with Gasteiger partial charge in [-0.25, -0.2) is 0 Å². The minimum Gasteiger partial charge on any atom is -0.324 e. The Kier molecular flexibility index (Phi) is 3.64. The van der Waals surface area contributed by atoms with Gasteiger partial charge >= 0.3 is 6.18 Å². The van der Waals surface area contributed by atoms with Crippen LogP contribution in [-0.2, 0) is 0 Å². The standard InChI is InChI=1S/C13H17F3N2/c1-18(7-6-13(14,15)16)12-8-11(17)9-4-2-3-5-10(9)12/h2-5,11-12H,6-8,17H2,1H3. The molecule has 1 aromatic rings. The molecular formula is C13H17F3N2. The lowest BCUT2D eigenvalue weighted by Gasteiger charge is -2.25. The molecule has 0 spiro atoms. The average Bonchev–Trinajstić information content (AvgIpc) is 2.64. The summed E-state index contributed by atoms with van der Waals surface area (Å²) in [6.07, 6.45) is -4.19. The molecule has 2 nitrogen and oxygen atoms in total. The number of alkyl halides is 3. The topological polar surface area (TPSA) is 29.3 Å². The first-order valence-electron chi connectivity index (χ1n) is 6.00. The van der Waals surface area contributed by atoms with Crippen LogP contribution in [-0.4, -0.2) is 24.7 Å². The fourth-order valence-electron chi connectivity index (χ4n) is 2.52. The molecule has 2 unspecified atom stereocenters. The van der Waals surface area contributed by atoms with Gasteiger partial charge in [-0.15, -0.1) is 0 Å². The lowest BCUT2D eigenvalue weighted by atomic mass is 10.1. The van der Waals surface area contributed by atoms with E-state index in [-0.39, 0.29) is 18.6 Å². The molecule has 0 aliphatic heterocycles. The maximum absolute atomic E-state index is 12.2. The van der Waals surface area contributed by atoms with Gasteiger partial charge < -0.3 is 5.73 Å². The Bertz CT molecular complexity index is 417. The lowest BCUT2D eigenvalue weighted by molar-refractivity contribution is -0.138. The van der Waals surface area contributed by atoms with E-state index in [1.54, 1.807) is 11.9 Å². The van der Waals surface area contributed by atoms with Crippen molar-refractivity contribution in [1.29, 1.82) is 0 Å². The minimum atomic E-state index is -4.10. The first-order valence-corrected chi connectivity index (χ1v) is 6.00. The Morgan fingerprint density at radius 2 is 1.89 bits per heavy atom. The largest absolute Gasteiger partial charge is 0.390 e. The Hall–Kier alpha value is -1.07. The van der Waals surface area contributed by atoms with Crippen molar-refractivity contribution in [1.82, 2.24) is 4.90 Å². The number of rotatable bonds is 3. The maximum atomic E-state index is 12.2. The minimum absolute atomic E-state index is 0.00134. The highest BCUT2D eigenvalue weighted by atomic mass is 19.4. The molecule has 0 aromatic heterocycles. The predicted molar refractivity (Wildman–Crippen MR) is 64.0 cm³/mol. The quantitative estimate of drug-likeness (QED) is 0.903. The molecule has 2 atom stereocenters. The van der Waals surface area contributed by atoms with Gasteiger partial charge in [0.05, 0.1) is 6.42 Å². The van der Waals surface area contributed by atoms with Gasteiger partial charge in [-0.05, 0) is 24.6 Å². The molecule has 0 saturated carbocycles. The van der Waals surface area contributed by atoms with Gasteiger partial charge in [0.1, 0.15) is 0 Å². The molecule has 1 aliphatic carbocycles. The first kappa shape index (κ1) is 13.4. The number of nitrogens with zero attached hydrogens (tertiary/aromatic N) is 1. The van der Waals surface area contributed by atoms with E-state index < -0.39 is 12.6 Å². The summed E-state index contributed by atoms with van der Waals surface area (Å²) in [6.45, 7) is 0.00915. The van der Waals surface area contributed by atoms with Crippen molar-refractivity contribution < 1.29 is 13.2 Å². The third-order valence-corrected chi connectivity index (χ3v) is 3.51. The molecule has 1 aromatic carbocycles. The van der Waals surface area contributed by atoms with Crippen molar-refractivity contribution in [2.75, 3.05) is 13.6 Å². The van der Waals surface area contributed by atoms with E-state index >= 15 is 0 Å². The Morgan fingerprint density at radius 3 is 2.50 bits per heavy atom. The smallest absolute Gasteiger partial charge is 0.324 e. The van der Waals surface area contributed by atoms with Crippen LogP contribution in [0.15, 0.2) is 24.3 Å². The maximum Gasteiger partial charge on any atom is 0.390 e. The number of benzene rings is 1. The highest BCUT2D eigenvalue weighted by Gasteiger charge is 2.33. The van der Waals surface area contributed by atoms with Crippen LogP contribution in [0.25, 0.3) is 0 Å². The molecule has 0 radical (unpaired) electrons. The molecule has 2 rings (SSSR count). The van der Waals surface area contributed by atoms with Gasteiger partial charge in [0, 0.05) is 18.6 Å². The van der Waals surface area contributed by atoms with Crippen molar-refractivity contribution in [3.8, 4) is 0 Å². The molecule has 100 valence electrons. The fourth-order valence-corrected chi connectivity index (χ4v) is 2.52. The second-order valence-electron chi connectivity index (χ2n) is 4.83. The molecule has 2 N–H and O–H groups in total. The van der Waals surface area contributed by atoms with E-state index in [1.807, 2.05) is 24.3 Å². The molecule has 18 heavy (non-hydrogen) atoms. The van der Waals surface area contributed by atoms with Crippen molar-refractivity contribution in [3.05, 3.63) is 35.4 Å². The van der Waals surface area contributed by atoms with E-state index in [9.17, 15) is 13.2 Å². The van der Waals surface area contributed by atoms with E-state index in [0.717, 1.165) is 11.1 Å². The molecule has 0 saturated heterocycles. The summed E-state index contributed by atoms with van der Waals surface area (Å²) >= 11 is 0. The van der Waals surface area contributed by atoms with Gasteiger partial charge in [0.15, 0.2) is 0 Å². The van der Waals surface area contributed by atoms with Gasteiger partial charge in [-0.2, -0.15) is 13.2 Å². The van der Waals surface area contributed by atoms with Crippen LogP contribution in [0, 0.1) is 0 Å². The van der Waals surface area contributed by atoms with Crippen LogP contribution in [0.5, 0.6) is 0 Å². The molecule has 5 heteroatoms. The highest BCUT2D eigenvalue weighted by molar-refractivity contribution is 5.37. The average molecular weight is 258 g/mol. The number of fused-ring (bicyclic) bond motifs is 1. The SMILES string of the molecule is CN(CCC(F)(F)F)C1CC(N)c2ccccc21. The monoisotopic (exact) mass is 258 g/mol. The van der Waals surface area contributed by atoms with Crippen LogP contribution in [0.3, 0.4) is 0 Å². The Morgan fingerprint density at radius 1 is 1.28 bits per heavy atom. The van der Waals surface area contributed by atoms with Gasteiger partial charge in [0.25, 0.3) is 0 Å². The van der Waals surface area contributed by atoms with E-state index in [1.165, 1.54) is 0 Å². The van der Waals surface area contributed by atoms with Crippen molar-refractivity contribution in [2.45, 2.75) is 31.1 Å². The lowest BCUT2D eigenvalue weighted by Crippen LogP contribution is -2.28. The predicted octanol–water partition coefficient (Wildman–Crippen LogP) is 3.02. The van der Waals surface area contributed by atoms with E-state index in [0.29, 0.717) is 6.42 Å². The molecular weight excluding hydrogens is 241 g/mol. The number of hydrogen-bond acceptors (Lipinski definition) is 2. The van der Waals surface area contributed by atoms with Crippen molar-refractivity contribution in [2.24, 2.45) is 5.73 Å². The third kappa shape index (κ3) is 2.84. The number of hydrogen-bond donors (Lipinski definition) is 1. The summed E-state index contributed by atoms with van der Waals surface area (Å²) in [7, 11) is 1.73.